The van der Waals surface area contributed by atoms with Crippen LogP contribution in [0.2, 0.25) is 0 Å². The number of benzene rings is 2. The van der Waals surface area contributed by atoms with E-state index < -0.39 is 0 Å². The van der Waals surface area contributed by atoms with Crippen LogP contribution in [0.4, 0.5) is 0 Å². The Balaban J connectivity index is 1.67. The van der Waals surface area contributed by atoms with Crippen LogP contribution >= 0.6 is 0 Å². The van der Waals surface area contributed by atoms with Crippen molar-refractivity contribution in [3.63, 3.8) is 0 Å². The molecule has 0 aliphatic heterocycles. The number of carbonyl (C=O) groups excluding carboxylic acids is 1. The van der Waals surface area contributed by atoms with Gasteiger partial charge in [-0.2, -0.15) is 0 Å². The summed E-state index contributed by atoms with van der Waals surface area (Å²) in [6, 6.07) is 16.0. The first-order valence-corrected chi connectivity index (χ1v) is 8.24. The van der Waals surface area contributed by atoms with Crippen LogP contribution in [0.1, 0.15) is 22.5 Å². The van der Waals surface area contributed by atoms with Crippen molar-refractivity contribution in [3.8, 4) is 5.69 Å². The molecule has 0 radical (unpaired) electrons. The molecule has 0 aliphatic rings. The lowest BCUT2D eigenvalue weighted by molar-refractivity contribution is -0.116. The first-order chi connectivity index (χ1) is 12.1. The van der Waals surface area contributed by atoms with E-state index in [1.807, 2.05) is 79.2 Å². The molecule has 1 N–H and O–H groups in total. The van der Waals surface area contributed by atoms with Crippen molar-refractivity contribution >= 4 is 12.0 Å². The molecule has 0 bridgehead atoms. The Morgan fingerprint density at radius 2 is 1.88 bits per heavy atom. The summed E-state index contributed by atoms with van der Waals surface area (Å²) in [5.74, 6) is 0.802. The lowest BCUT2D eigenvalue weighted by atomic mass is 10.1. The summed E-state index contributed by atoms with van der Waals surface area (Å²) in [6.07, 6.45) is 7.08. The average Bonchev–Trinajstić information content (AvgIpc) is 3.05. The van der Waals surface area contributed by atoms with E-state index in [1.54, 1.807) is 12.3 Å². The molecule has 0 saturated heterocycles. The Morgan fingerprint density at radius 1 is 1.12 bits per heavy atom. The van der Waals surface area contributed by atoms with E-state index in [2.05, 4.69) is 10.3 Å². The highest BCUT2D eigenvalue weighted by atomic mass is 16.1. The van der Waals surface area contributed by atoms with Crippen molar-refractivity contribution in [2.24, 2.45) is 0 Å². The zero-order chi connectivity index (χ0) is 17.6. The number of hydrogen-bond acceptors (Lipinski definition) is 2. The quantitative estimate of drug-likeness (QED) is 0.723. The minimum Gasteiger partial charge on any atom is -0.348 e. The maximum atomic E-state index is 12.1. The maximum Gasteiger partial charge on any atom is 0.244 e. The van der Waals surface area contributed by atoms with Gasteiger partial charge < -0.3 is 9.88 Å². The van der Waals surface area contributed by atoms with Gasteiger partial charge in [-0.1, -0.05) is 48.0 Å². The molecular weight excluding hydrogens is 310 g/mol. The highest BCUT2D eigenvalue weighted by Gasteiger charge is 2.07. The van der Waals surface area contributed by atoms with Crippen molar-refractivity contribution in [3.05, 3.63) is 89.5 Å². The lowest BCUT2D eigenvalue weighted by Gasteiger charge is -2.12. The number of carbonyl (C=O) groups is 1. The molecule has 3 aromatic rings. The normalized spacial score (nSPS) is 11.0. The molecular formula is C21H21N3O. The fraction of sp³-hybridized carbons (Fsp3) is 0.143. The van der Waals surface area contributed by atoms with Gasteiger partial charge >= 0.3 is 0 Å². The minimum atomic E-state index is -0.113. The Labute approximate surface area is 147 Å². The molecule has 0 spiro atoms. The van der Waals surface area contributed by atoms with Crippen molar-refractivity contribution in [2.45, 2.75) is 20.4 Å². The second kappa shape index (κ2) is 7.62. The van der Waals surface area contributed by atoms with Crippen LogP contribution in [0.15, 0.2) is 67.0 Å². The first-order valence-electron chi connectivity index (χ1n) is 8.24. The Kier molecular flexibility index (Phi) is 5.09. The maximum absolute atomic E-state index is 12.1. The number of para-hydroxylation sites is 1. The SMILES string of the molecule is Cc1ccc(/C=C/C(=O)NCc2ccccc2-n2ccnc2C)cc1. The van der Waals surface area contributed by atoms with E-state index in [1.165, 1.54) is 5.56 Å². The van der Waals surface area contributed by atoms with Gasteiger partial charge in [0, 0.05) is 25.0 Å². The number of aromatic nitrogens is 2. The summed E-state index contributed by atoms with van der Waals surface area (Å²) in [7, 11) is 0. The highest BCUT2D eigenvalue weighted by Crippen LogP contribution is 2.16. The number of rotatable bonds is 5. The van der Waals surface area contributed by atoms with Gasteiger partial charge in [0.2, 0.25) is 5.91 Å². The molecule has 1 amide bonds. The zero-order valence-electron chi connectivity index (χ0n) is 14.4. The molecule has 2 aromatic carbocycles. The summed E-state index contributed by atoms with van der Waals surface area (Å²) in [5.41, 5.74) is 4.28. The van der Waals surface area contributed by atoms with Gasteiger partial charge in [-0.25, -0.2) is 4.98 Å². The molecule has 1 heterocycles. The highest BCUT2D eigenvalue weighted by molar-refractivity contribution is 5.91. The molecule has 0 unspecified atom stereocenters. The fourth-order valence-electron chi connectivity index (χ4n) is 2.62. The number of nitrogens with one attached hydrogen (secondary N) is 1. The van der Waals surface area contributed by atoms with Crippen molar-refractivity contribution < 1.29 is 4.79 Å². The summed E-state index contributed by atoms with van der Waals surface area (Å²) in [4.78, 5) is 16.4. The van der Waals surface area contributed by atoms with Crippen LogP contribution in [0.3, 0.4) is 0 Å². The second-order valence-corrected chi connectivity index (χ2v) is 5.93. The third-order valence-electron chi connectivity index (χ3n) is 4.03. The van der Waals surface area contributed by atoms with Crippen LogP contribution in [0, 0.1) is 13.8 Å². The molecule has 1 aromatic heterocycles. The van der Waals surface area contributed by atoms with Crippen LogP contribution < -0.4 is 5.32 Å². The van der Waals surface area contributed by atoms with Gasteiger partial charge in [0.1, 0.15) is 5.82 Å². The summed E-state index contributed by atoms with van der Waals surface area (Å²) in [6.45, 7) is 4.46. The van der Waals surface area contributed by atoms with Crippen molar-refractivity contribution in [1.82, 2.24) is 14.9 Å². The standard InChI is InChI=1S/C21H21N3O/c1-16-7-9-18(10-8-16)11-12-21(25)23-15-19-5-3-4-6-20(19)24-14-13-22-17(24)2/h3-14H,15H2,1-2H3,(H,23,25)/b12-11+. The summed E-state index contributed by atoms with van der Waals surface area (Å²) >= 11 is 0. The molecule has 0 aliphatic carbocycles. The molecule has 126 valence electrons. The van der Waals surface area contributed by atoms with E-state index in [0.717, 1.165) is 22.6 Å². The smallest absolute Gasteiger partial charge is 0.244 e. The zero-order valence-corrected chi connectivity index (χ0v) is 14.4. The van der Waals surface area contributed by atoms with Crippen molar-refractivity contribution in [1.29, 1.82) is 0 Å². The largest absolute Gasteiger partial charge is 0.348 e. The molecule has 0 saturated carbocycles. The molecule has 4 nitrogen and oxygen atoms in total. The molecule has 0 fully saturated rings. The lowest BCUT2D eigenvalue weighted by Crippen LogP contribution is -2.21. The molecule has 0 atom stereocenters. The van der Waals surface area contributed by atoms with Crippen LogP contribution in [0.5, 0.6) is 0 Å². The second-order valence-electron chi connectivity index (χ2n) is 5.93. The van der Waals surface area contributed by atoms with E-state index in [-0.39, 0.29) is 5.91 Å². The predicted molar refractivity (Wildman–Crippen MR) is 100 cm³/mol. The Bertz CT molecular complexity index is 892. The molecule has 25 heavy (non-hydrogen) atoms. The van der Waals surface area contributed by atoms with Crippen LogP contribution in [-0.2, 0) is 11.3 Å². The number of imidazole rings is 1. The number of nitrogens with zero attached hydrogens (tertiary/aromatic N) is 2. The van der Waals surface area contributed by atoms with Crippen LogP contribution in [0.25, 0.3) is 11.8 Å². The van der Waals surface area contributed by atoms with E-state index in [4.69, 9.17) is 0 Å². The van der Waals surface area contributed by atoms with Crippen molar-refractivity contribution in [2.75, 3.05) is 0 Å². The summed E-state index contributed by atoms with van der Waals surface area (Å²) in [5, 5.41) is 2.94. The number of aryl methyl sites for hydroxylation is 2. The van der Waals surface area contributed by atoms with Gasteiger partial charge in [-0.15, -0.1) is 0 Å². The van der Waals surface area contributed by atoms with Gasteiger partial charge in [0.25, 0.3) is 0 Å². The van der Waals surface area contributed by atoms with Crippen LogP contribution in [-0.4, -0.2) is 15.5 Å². The summed E-state index contributed by atoms with van der Waals surface area (Å²) < 4.78 is 2.02. The molecule has 4 heteroatoms. The van der Waals surface area contributed by atoms with Gasteiger partial charge in [0.15, 0.2) is 0 Å². The Hall–Kier alpha value is -3.14. The first kappa shape index (κ1) is 16.7. The molecule has 3 rings (SSSR count). The fourth-order valence-corrected chi connectivity index (χ4v) is 2.62. The minimum absolute atomic E-state index is 0.113. The van der Waals surface area contributed by atoms with Gasteiger partial charge in [-0.05, 0) is 37.1 Å². The average molecular weight is 331 g/mol. The number of hydrogen-bond donors (Lipinski definition) is 1. The van der Waals surface area contributed by atoms with E-state index >= 15 is 0 Å². The monoisotopic (exact) mass is 331 g/mol. The number of amides is 1. The third kappa shape index (κ3) is 4.23. The van der Waals surface area contributed by atoms with Gasteiger partial charge in [-0.3, -0.25) is 4.79 Å². The van der Waals surface area contributed by atoms with E-state index in [0.29, 0.717) is 6.54 Å². The topological polar surface area (TPSA) is 46.9 Å². The third-order valence-corrected chi connectivity index (χ3v) is 4.03. The van der Waals surface area contributed by atoms with Gasteiger partial charge in [0.05, 0.1) is 5.69 Å². The predicted octanol–water partition coefficient (Wildman–Crippen LogP) is 3.82. The van der Waals surface area contributed by atoms with E-state index in [9.17, 15) is 4.79 Å². The Morgan fingerprint density at radius 3 is 2.60 bits per heavy atom.